The van der Waals surface area contributed by atoms with Gasteiger partial charge in [0.1, 0.15) is 0 Å². The van der Waals surface area contributed by atoms with Crippen LogP contribution in [0.3, 0.4) is 0 Å². The molecule has 1 aliphatic rings. The van der Waals surface area contributed by atoms with Crippen molar-refractivity contribution >= 4 is 5.91 Å². The summed E-state index contributed by atoms with van der Waals surface area (Å²) in [6.07, 6.45) is 1.96. The highest BCUT2D eigenvalue weighted by molar-refractivity contribution is 5.82. The Bertz CT molecular complexity index is 249. The Morgan fingerprint density at radius 1 is 1.71 bits per heavy atom. The summed E-state index contributed by atoms with van der Waals surface area (Å²) in [5, 5.41) is 14.7. The molecule has 1 fully saturated rings. The van der Waals surface area contributed by atoms with Gasteiger partial charge in [-0.1, -0.05) is 0 Å². The Labute approximate surface area is 84.7 Å². The summed E-state index contributed by atoms with van der Waals surface area (Å²) in [6, 6.07) is 2.10. The molecule has 0 unspecified atom stereocenters. The number of hydrogen-bond acceptors (Lipinski definition) is 3. The van der Waals surface area contributed by atoms with Gasteiger partial charge in [-0.05, 0) is 33.2 Å². The molecule has 1 rings (SSSR count). The fourth-order valence-corrected chi connectivity index (χ4v) is 1.38. The second-order valence-corrected chi connectivity index (χ2v) is 4.36. The van der Waals surface area contributed by atoms with Gasteiger partial charge in [0.05, 0.1) is 17.5 Å². The van der Waals surface area contributed by atoms with Crippen molar-refractivity contribution in [1.82, 2.24) is 10.6 Å². The third kappa shape index (κ3) is 3.00. The second-order valence-electron chi connectivity index (χ2n) is 4.36. The van der Waals surface area contributed by atoms with Crippen LogP contribution in [0.2, 0.25) is 0 Å². The highest BCUT2D eigenvalue weighted by Crippen LogP contribution is 2.11. The van der Waals surface area contributed by atoms with Gasteiger partial charge in [0, 0.05) is 6.54 Å². The van der Waals surface area contributed by atoms with Crippen molar-refractivity contribution < 1.29 is 4.79 Å². The number of nitrogens with one attached hydrogen (secondary N) is 2. The second kappa shape index (κ2) is 4.43. The van der Waals surface area contributed by atoms with Crippen molar-refractivity contribution in [3.63, 3.8) is 0 Å². The van der Waals surface area contributed by atoms with Crippen LogP contribution in [-0.2, 0) is 4.79 Å². The molecule has 0 saturated carbocycles. The van der Waals surface area contributed by atoms with Crippen LogP contribution in [0.1, 0.15) is 26.7 Å². The van der Waals surface area contributed by atoms with E-state index in [1.54, 1.807) is 0 Å². The lowest BCUT2D eigenvalue weighted by Crippen LogP contribution is -2.43. The van der Waals surface area contributed by atoms with Crippen LogP contribution in [0.15, 0.2) is 0 Å². The Morgan fingerprint density at radius 3 is 2.93 bits per heavy atom. The van der Waals surface area contributed by atoms with Crippen LogP contribution in [0.25, 0.3) is 0 Å². The topological polar surface area (TPSA) is 64.9 Å². The quantitative estimate of drug-likeness (QED) is 0.685. The van der Waals surface area contributed by atoms with Gasteiger partial charge in [-0.2, -0.15) is 5.26 Å². The highest BCUT2D eigenvalue weighted by Gasteiger charge is 2.24. The van der Waals surface area contributed by atoms with Gasteiger partial charge in [-0.15, -0.1) is 0 Å². The molecule has 14 heavy (non-hydrogen) atoms. The fourth-order valence-electron chi connectivity index (χ4n) is 1.38. The minimum Gasteiger partial charge on any atom is -0.353 e. The van der Waals surface area contributed by atoms with Gasteiger partial charge < -0.3 is 10.6 Å². The summed E-state index contributed by atoms with van der Waals surface area (Å²) in [6.45, 7) is 4.96. The predicted octanol–water partition coefficient (Wildman–Crippen LogP) is 0.404. The lowest BCUT2D eigenvalue weighted by molar-refractivity contribution is -0.123. The average molecular weight is 195 g/mol. The first kappa shape index (κ1) is 11.0. The zero-order valence-electron chi connectivity index (χ0n) is 8.76. The molecule has 2 N–H and O–H groups in total. The smallest absolute Gasteiger partial charge is 0.237 e. The summed E-state index contributed by atoms with van der Waals surface area (Å²) >= 11 is 0. The van der Waals surface area contributed by atoms with E-state index in [4.69, 9.17) is 5.26 Å². The number of amides is 1. The molecule has 4 heteroatoms. The fraction of sp³-hybridized carbons (Fsp3) is 0.800. The molecule has 1 amide bonds. The van der Waals surface area contributed by atoms with E-state index in [0.717, 1.165) is 19.4 Å². The van der Waals surface area contributed by atoms with Gasteiger partial charge in [-0.3, -0.25) is 4.79 Å². The van der Waals surface area contributed by atoms with Crippen molar-refractivity contribution in [3.05, 3.63) is 0 Å². The van der Waals surface area contributed by atoms with Crippen LogP contribution < -0.4 is 10.6 Å². The maximum Gasteiger partial charge on any atom is 0.237 e. The molecular weight excluding hydrogens is 178 g/mol. The van der Waals surface area contributed by atoms with Gasteiger partial charge >= 0.3 is 0 Å². The lowest BCUT2D eigenvalue weighted by Gasteiger charge is -2.17. The first-order valence-corrected chi connectivity index (χ1v) is 4.97. The molecule has 0 aromatic carbocycles. The standard InChI is InChI=1S/C10H17N3O/c1-10(2,6-11)7-13-9(14)8-4-3-5-12-8/h8,12H,3-5,7H2,1-2H3,(H,13,14)/t8-/m0/s1. The summed E-state index contributed by atoms with van der Waals surface area (Å²) in [5.41, 5.74) is -0.478. The van der Waals surface area contributed by atoms with Crippen LogP contribution in [0, 0.1) is 16.7 Å². The normalized spacial score (nSPS) is 21.6. The number of nitriles is 1. The van der Waals surface area contributed by atoms with E-state index in [-0.39, 0.29) is 11.9 Å². The third-order valence-electron chi connectivity index (χ3n) is 2.38. The number of carbonyl (C=O) groups excluding carboxylic acids is 1. The van der Waals surface area contributed by atoms with Crippen molar-refractivity contribution in [3.8, 4) is 6.07 Å². The Hall–Kier alpha value is -1.08. The minimum atomic E-state index is -0.478. The van der Waals surface area contributed by atoms with E-state index in [1.165, 1.54) is 0 Å². The van der Waals surface area contributed by atoms with Gasteiger partial charge in [-0.25, -0.2) is 0 Å². The molecule has 4 nitrogen and oxygen atoms in total. The predicted molar refractivity (Wildman–Crippen MR) is 53.4 cm³/mol. The number of hydrogen-bond donors (Lipinski definition) is 2. The molecule has 0 spiro atoms. The van der Waals surface area contributed by atoms with Gasteiger partial charge in [0.15, 0.2) is 0 Å². The average Bonchev–Trinajstić information content (AvgIpc) is 2.67. The van der Waals surface area contributed by atoms with Crippen molar-refractivity contribution in [1.29, 1.82) is 5.26 Å². The molecule has 0 aromatic heterocycles. The Kier molecular flexibility index (Phi) is 3.48. The number of carbonyl (C=O) groups is 1. The molecule has 78 valence electrons. The molecule has 0 bridgehead atoms. The Morgan fingerprint density at radius 2 is 2.43 bits per heavy atom. The van der Waals surface area contributed by atoms with E-state index < -0.39 is 5.41 Å². The highest BCUT2D eigenvalue weighted by atomic mass is 16.2. The van der Waals surface area contributed by atoms with Gasteiger partial charge in [0.25, 0.3) is 0 Å². The summed E-state index contributed by atoms with van der Waals surface area (Å²) < 4.78 is 0. The molecule has 1 atom stereocenters. The van der Waals surface area contributed by atoms with Crippen molar-refractivity contribution in [2.75, 3.05) is 13.1 Å². The summed E-state index contributed by atoms with van der Waals surface area (Å²) in [4.78, 5) is 11.5. The van der Waals surface area contributed by atoms with Crippen molar-refractivity contribution in [2.45, 2.75) is 32.7 Å². The maximum absolute atomic E-state index is 11.5. The van der Waals surface area contributed by atoms with Gasteiger partial charge in [0.2, 0.25) is 5.91 Å². The molecule has 1 heterocycles. The molecule has 0 aliphatic carbocycles. The zero-order valence-corrected chi connectivity index (χ0v) is 8.76. The van der Waals surface area contributed by atoms with Crippen LogP contribution in [0.5, 0.6) is 0 Å². The van der Waals surface area contributed by atoms with Crippen molar-refractivity contribution in [2.24, 2.45) is 5.41 Å². The van der Waals surface area contributed by atoms with E-state index >= 15 is 0 Å². The summed E-state index contributed by atoms with van der Waals surface area (Å²) in [5.74, 6) is 0.0193. The third-order valence-corrected chi connectivity index (χ3v) is 2.38. The molecule has 1 saturated heterocycles. The van der Waals surface area contributed by atoms with Crippen LogP contribution in [0.4, 0.5) is 0 Å². The first-order chi connectivity index (χ1) is 6.55. The lowest BCUT2D eigenvalue weighted by atomic mass is 9.96. The van der Waals surface area contributed by atoms with E-state index in [1.807, 2.05) is 13.8 Å². The minimum absolute atomic E-state index is 0.0193. The van der Waals surface area contributed by atoms with E-state index in [0.29, 0.717) is 6.54 Å². The van der Waals surface area contributed by atoms with E-state index in [2.05, 4.69) is 16.7 Å². The van der Waals surface area contributed by atoms with Crippen LogP contribution in [-0.4, -0.2) is 25.0 Å². The number of nitrogens with zero attached hydrogens (tertiary/aromatic N) is 1. The largest absolute Gasteiger partial charge is 0.353 e. The molecular formula is C10H17N3O. The molecule has 0 aromatic rings. The first-order valence-electron chi connectivity index (χ1n) is 4.97. The molecule has 1 aliphatic heterocycles. The zero-order chi connectivity index (χ0) is 10.6. The number of rotatable bonds is 3. The Balaban J connectivity index is 2.31. The van der Waals surface area contributed by atoms with Crippen LogP contribution >= 0.6 is 0 Å². The molecule has 0 radical (unpaired) electrons. The summed E-state index contributed by atoms with van der Waals surface area (Å²) in [7, 11) is 0. The van der Waals surface area contributed by atoms with E-state index in [9.17, 15) is 4.79 Å². The SMILES string of the molecule is CC(C)(C#N)CNC(=O)[C@@H]1CCCN1. The maximum atomic E-state index is 11.5. The monoisotopic (exact) mass is 195 g/mol.